The number of hydrogen-bond acceptors (Lipinski definition) is 4. The van der Waals surface area contributed by atoms with E-state index >= 15 is 0 Å². The smallest absolute Gasteiger partial charge is 0.166 e. The van der Waals surface area contributed by atoms with E-state index in [1.165, 1.54) is 6.07 Å². The molecule has 0 aliphatic heterocycles. The van der Waals surface area contributed by atoms with E-state index in [1.807, 2.05) is 13.8 Å². The average molecular weight is 374 g/mol. The van der Waals surface area contributed by atoms with Crippen molar-refractivity contribution in [1.82, 2.24) is 0 Å². The van der Waals surface area contributed by atoms with E-state index in [9.17, 15) is 14.3 Å². The van der Waals surface area contributed by atoms with Crippen molar-refractivity contribution in [1.29, 1.82) is 0 Å². The molecule has 1 N–H and O–H groups in total. The number of hydrogen-bond donors (Lipinski definition) is 1. The lowest BCUT2D eigenvalue weighted by Gasteiger charge is -2.13. The van der Waals surface area contributed by atoms with Gasteiger partial charge in [0.25, 0.3) is 0 Å². The lowest BCUT2D eigenvalue weighted by Crippen LogP contribution is -2.06. The second kappa shape index (κ2) is 9.95. The van der Waals surface area contributed by atoms with Crippen LogP contribution in [0.3, 0.4) is 0 Å². The van der Waals surface area contributed by atoms with Crippen LogP contribution in [0.25, 0.3) is 0 Å². The van der Waals surface area contributed by atoms with Gasteiger partial charge in [-0.3, -0.25) is 4.79 Å². The Kier molecular flexibility index (Phi) is 7.65. The molecule has 2 aromatic rings. The van der Waals surface area contributed by atoms with Crippen molar-refractivity contribution >= 4 is 5.78 Å². The van der Waals surface area contributed by atoms with Crippen molar-refractivity contribution in [2.45, 2.75) is 40.0 Å². The van der Waals surface area contributed by atoms with Crippen LogP contribution in [-0.4, -0.2) is 24.1 Å². The summed E-state index contributed by atoms with van der Waals surface area (Å²) >= 11 is 0. The van der Waals surface area contributed by atoms with Gasteiger partial charge in [0, 0.05) is 12.0 Å². The van der Waals surface area contributed by atoms with Crippen molar-refractivity contribution in [3.8, 4) is 17.2 Å². The van der Waals surface area contributed by atoms with E-state index in [0.717, 1.165) is 6.42 Å². The van der Waals surface area contributed by atoms with Crippen molar-refractivity contribution in [3.05, 3.63) is 53.3 Å². The maximum absolute atomic E-state index is 13.4. The predicted octanol–water partition coefficient (Wildman–Crippen LogP) is 5.31. The van der Waals surface area contributed by atoms with E-state index in [1.54, 1.807) is 37.3 Å². The highest BCUT2D eigenvalue weighted by molar-refractivity contribution is 5.99. The molecule has 0 spiro atoms. The summed E-state index contributed by atoms with van der Waals surface area (Å²) < 4.78 is 24.5. The number of carbonyl (C=O) groups excluding carboxylic acids is 1. The van der Waals surface area contributed by atoms with Crippen LogP contribution in [0.2, 0.25) is 0 Å². The lowest BCUT2D eigenvalue weighted by atomic mass is 9.98. The zero-order chi connectivity index (χ0) is 19.8. The van der Waals surface area contributed by atoms with Crippen molar-refractivity contribution < 1.29 is 23.8 Å². The Balaban J connectivity index is 1.80. The molecule has 0 saturated heterocycles. The van der Waals surface area contributed by atoms with Crippen LogP contribution in [0.4, 0.5) is 4.39 Å². The van der Waals surface area contributed by atoms with Crippen LogP contribution in [0.15, 0.2) is 36.4 Å². The molecule has 0 unspecified atom stereocenters. The number of carbonyl (C=O) groups is 1. The fraction of sp³-hybridized carbons (Fsp3) is 0.409. The van der Waals surface area contributed by atoms with Crippen LogP contribution in [0.5, 0.6) is 17.2 Å². The summed E-state index contributed by atoms with van der Waals surface area (Å²) in [6, 6.07) is 9.65. The topological polar surface area (TPSA) is 55.8 Å². The minimum atomic E-state index is -0.369. The SMILES string of the molecule is Cc1c(OCCCCOc2ccccc2F)ccc(C(=O)CC(C)C)c1O. The summed E-state index contributed by atoms with van der Waals surface area (Å²) in [6.45, 7) is 6.51. The Labute approximate surface area is 159 Å². The van der Waals surface area contributed by atoms with Gasteiger partial charge in [-0.2, -0.15) is 0 Å². The van der Waals surface area contributed by atoms with Gasteiger partial charge in [0.2, 0.25) is 0 Å². The van der Waals surface area contributed by atoms with Gasteiger partial charge in [0.05, 0.1) is 18.8 Å². The van der Waals surface area contributed by atoms with Crippen LogP contribution < -0.4 is 9.47 Å². The molecule has 0 fully saturated rings. The second-order valence-electron chi connectivity index (χ2n) is 6.94. The summed E-state index contributed by atoms with van der Waals surface area (Å²) in [5.74, 6) is 0.597. The molecule has 4 nitrogen and oxygen atoms in total. The Morgan fingerprint density at radius 2 is 1.67 bits per heavy atom. The first-order valence-electron chi connectivity index (χ1n) is 9.26. The molecule has 0 saturated carbocycles. The number of halogens is 1. The number of phenolic OH excluding ortho intramolecular Hbond substituents is 1. The van der Waals surface area contributed by atoms with E-state index < -0.39 is 0 Å². The van der Waals surface area contributed by atoms with Crippen LogP contribution in [0.1, 0.15) is 49.0 Å². The molecule has 5 heteroatoms. The molecule has 0 atom stereocenters. The summed E-state index contributed by atoms with van der Waals surface area (Å²) in [7, 11) is 0. The Hall–Kier alpha value is -2.56. The number of ketones is 1. The van der Waals surface area contributed by atoms with Gasteiger partial charge < -0.3 is 14.6 Å². The molecule has 0 heterocycles. The van der Waals surface area contributed by atoms with Gasteiger partial charge in [-0.05, 0) is 49.9 Å². The Morgan fingerprint density at radius 3 is 2.30 bits per heavy atom. The molecule has 2 rings (SSSR count). The zero-order valence-corrected chi connectivity index (χ0v) is 16.1. The predicted molar refractivity (Wildman–Crippen MR) is 103 cm³/mol. The number of Topliss-reactive ketones (excluding diaryl/α,β-unsaturated/α-hetero) is 1. The first kappa shape index (κ1) is 20.7. The zero-order valence-electron chi connectivity index (χ0n) is 16.1. The molecular formula is C22H27FO4. The first-order chi connectivity index (χ1) is 12.9. The van der Waals surface area contributed by atoms with Crippen molar-refractivity contribution in [2.24, 2.45) is 5.92 Å². The number of benzene rings is 2. The number of unbranched alkanes of at least 4 members (excludes halogenated alkanes) is 1. The quantitative estimate of drug-likeness (QED) is 0.452. The van der Waals surface area contributed by atoms with E-state index in [4.69, 9.17) is 9.47 Å². The molecule has 0 bridgehead atoms. The van der Waals surface area contributed by atoms with Crippen LogP contribution in [-0.2, 0) is 0 Å². The Morgan fingerprint density at radius 1 is 1.04 bits per heavy atom. The highest BCUT2D eigenvalue weighted by Crippen LogP contribution is 2.31. The third-order valence-corrected chi connectivity index (χ3v) is 4.17. The average Bonchev–Trinajstić information content (AvgIpc) is 2.62. The molecule has 0 aliphatic rings. The number of aromatic hydroxyl groups is 1. The summed E-state index contributed by atoms with van der Waals surface area (Å²) in [6.07, 6.45) is 1.84. The highest BCUT2D eigenvalue weighted by Gasteiger charge is 2.17. The van der Waals surface area contributed by atoms with E-state index in [0.29, 0.717) is 42.9 Å². The van der Waals surface area contributed by atoms with Crippen LogP contribution >= 0.6 is 0 Å². The number of ether oxygens (including phenoxy) is 2. The highest BCUT2D eigenvalue weighted by atomic mass is 19.1. The second-order valence-corrected chi connectivity index (χ2v) is 6.94. The molecular weight excluding hydrogens is 347 g/mol. The third kappa shape index (κ3) is 5.98. The van der Waals surface area contributed by atoms with E-state index in [2.05, 4.69) is 0 Å². The van der Waals surface area contributed by atoms with Gasteiger partial charge in [-0.25, -0.2) is 4.39 Å². The van der Waals surface area contributed by atoms with Gasteiger partial charge in [-0.1, -0.05) is 26.0 Å². The van der Waals surface area contributed by atoms with Gasteiger partial charge in [-0.15, -0.1) is 0 Å². The first-order valence-corrected chi connectivity index (χ1v) is 9.26. The number of rotatable bonds is 10. The largest absolute Gasteiger partial charge is 0.507 e. The molecule has 146 valence electrons. The maximum Gasteiger partial charge on any atom is 0.166 e. The molecule has 2 aromatic carbocycles. The number of phenols is 1. The monoisotopic (exact) mass is 374 g/mol. The van der Waals surface area contributed by atoms with E-state index in [-0.39, 0.29) is 29.0 Å². The van der Waals surface area contributed by atoms with Gasteiger partial charge >= 0.3 is 0 Å². The molecule has 0 radical (unpaired) electrons. The van der Waals surface area contributed by atoms with Crippen molar-refractivity contribution in [2.75, 3.05) is 13.2 Å². The molecule has 27 heavy (non-hydrogen) atoms. The minimum Gasteiger partial charge on any atom is -0.507 e. The summed E-state index contributed by atoms with van der Waals surface area (Å²) in [5, 5.41) is 10.3. The Bertz CT molecular complexity index is 771. The molecule has 0 aromatic heterocycles. The molecule has 0 amide bonds. The van der Waals surface area contributed by atoms with Gasteiger partial charge in [0.1, 0.15) is 11.5 Å². The standard InChI is InChI=1S/C22H27FO4/c1-15(2)14-19(24)17-10-11-20(16(3)22(17)25)26-12-6-7-13-27-21-9-5-4-8-18(21)23/h4-5,8-11,15,25H,6-7,12-14H2,1-3H3. The fourth-order valence-electron chi connectivity index (χ4n) is 2.67. The molecule has 0 aliphatic carbocycles. The lowest BCUT2D eigenvalue weighted by molar-refractivity contribution is 0.0965. The summed E-state index contributed by atoms with van der Waals surface area (Å²) in [5.41, 5.74) is 0.902. The summed E-state index contributed by atoms with van der Waals surface area (Å²) in [4.78, 5) is 12.2. The van der Waals surface area contributed by atoms with Crippen LogP contribution in [0, 0.1) is 18.7 Å². The minimum absolute atomic E-state index is 0.0129. The fourth-order valence-corrected chi connectivity index (χ4v) is 2.67. The van der Waals surface area contributed by atoms with Crippen molar-refractivity contribution in [3.63, 3.8) is 0 Å². The third-order valence-electron chi connectivity index (χ3n) is 4.17. The normalized spacial score (nSPS) is 10.9. The number of para-hydroxylation sites is 1. The van der Waals surface area contributed by atoms with Gasteiger partial charge in [0.15, 0.2) is 17.3 Å². The maximum atomic E-state index is 13.4.